The van der Waals surface area contributed by atoms with Crippen LogP contribution in [0, 0.1) is 6.92 Å². The number of halogens is 1. The average molecular weight is 238 g/mol. The lowest BCUT2D eigenvalue weighted by Crippen LogP contribution is -2.35. The fourth-order valence-electron chi connectivity index (χ4n) is 2.06. The zero-order chi connectivity index (χ0) is 11.5. The van der Waals surface area contributed by atoms with Crippen LogP contribution in [0.25, 0.3) is 0 Å². The molecule has 0 N–H and O–H groups in total. The van der Waals surface area contributed by atoms with Crippen LogP contribution in [0.1, 0.15) is 35.2 Å². The molecule has 0 spiro atoms. The number of piperidine rings is 1. The molecular weight excluding hydrogens is 222 g/mol. The van der Waals surface area contributed by atoms with E-state index in [0.29, 0.717) is 0 Å². The normalized spacial score (nSPS) is 16.2. The predicted octanol–water partition coefficient (Wildman–Crippen LogP) is 3.27. The molecule has 1 aliphatic rings. The van der Waals surface area contributed by atoms with Crippen LogP contribution in [0.15, 0.2) is 18.2 Å². The van der Waals surface area contributed by atoms with Crippen LogP contribution in [0.4, 0.5) is 0 Å². The van der Waals surface area contributed by atoms with Crippen molar-refractivity contribution in [3.8, 4) is 0 Å². The van der Waals surface area contributed by atoms with Gasteiger partial charge in [-0.1, -0.05) is 11.6 Å². The van der Waals surface area contributed by atoms with Crippen molar-refractivity contribution < 1.29 is 4.79 Å². The van der Waals surface area contributed by atoms with Gasteiger partial charge in [-0.05, 0) is 49.9 Å². The second-order valence-corrected chi connectivity index (χ2v) is 4.72. The summed E-state index contributed by atoms with van der Waals surface area (Å²) in [5.41, 5.74) is 1.72. The van der Waals surface area contributed by atoms with E-state index in [0.717, 1.165) is 42.1 Å². The number of rotatable bonds is 1. The first-order chi connectivity index (χ1) is 7.68. The summed E-state index contributed by atoms with van der Waals surface area (Å²) < 4.78 is 0. The molecule has 1 aromatic rings. The number of carbonyl (C=O) groups is 1. The van der Waals surface area contributed by atoms with Crippen LogP contribution in [0.2, 0.25) is 5.02 Å². The summed E-state index contributed by atoms with van der Waals surface area (Å²) in [6.07, 6.45) is 3.49. The smallest absolute Gasteiger partial charge is 0.253 e. The van der Waals surface area contributed by atoms with Gasteiger partial charge in [0.05, 0.1) is 0 Å². The van der Waals surface area contributed by atoms with Crippen molar-refractivity contribution in [2.24, 2.45) is 0 Å². The van der Waals surface area contributed by atoms with Crippen LogP contribution in [0.5, 0.6) is 0 Å². The summed E-state index contributed by atoms with van der Waals surface area (Å²) in [6, 6.07) is 5.49. The van der Waals surface area contributed by atoms with Gasteiger partial charge in [-0.2, -0.15) is 0 Å². The standard InChI is InChI=1S/C13H16ClNO/c1-10-9-11(5-6-12(10)14)13(16)15-7-3-2-4-8-15/h5-6,9H,2-4,7-8H2,1H3. The van der Waals surface area contributed by atoms with Crippen molar-refractivity contribution in [2.45, 2.75) is 26.2 Å². The Morgan fingerprint density at radius 3 is 2.56 bits per heavy atom. The number of nitrogens with zero attached hydrogens (tertiary/aromatic N) is 1. The Morgan fingerprint density at radius 1 is 1.25 bits per heavy atom. The van der Waals surface area contributed by atoms with E-state index >= 15 is 0 Å². The lowest BCUT2D eigenvalue weighted by Gasteiger charge is -2.26. The van der Waals surface area contributed by atoms with E-state index < -0.39 is 0 Å². The number of likely N-dealkylation sites (tertiary alicyclic amines) is 1. The highest BCUT2D eigenvalue weighted by Crippen LogP contribution is 2.19. The summed E-state index contributed by atoms with van der Waals surface area (Å²) in [7, 11) is 0. The molecule has 0 aromatic heterocycles. The van der Waals surface area contributed by atoms with Crippen molar-refractivity contribution in [2.75, 3.05) is 13.1 Å². The molecule has 1 aromatic carbocycles. The molecule has 0 radical (unpaired) electrons. The van der Waals surface area contributed by atoms with Crippen molar-refractivity contribution in [1.82, 2.24) is 4.90 Å². The van der Waals surface area contributed by atoms with Crippen LogP contribution in [0.3, 0.4) is 0 Å². The van der Waals surface area contributed by atoms with E-state index in [1.807, 2.05) is 24.0 Å². The second kappa shape index (κ2) is 4.88. The predicted molar refractivity (Wildman–Crippen MR) is 65.9 cm³/mol. The fourth-order valence-corrected chi connectivity index (χ4v) is 2.17. The number of amides is 1. The Morgan fingerprint density at radius 2 is 1.94 bits per heavy atom. The van der Waals surface area contributed by atoms with E-state index in [-0.39, 0.29) is 5.91 Å². The minimum Gasteiger partial charge on any atom is -0.339 e. The molecule has 1 fully saturated rings. The molecule has 0 atom stereocenters. The Hall–Kier alpha value is -1.02. The first-order valence-corrected chi connectivity index (χ1v) is 6.12. The van der Waals surface area contributed by atoms with E-state index in [9.17, 15) is 4.79 Å². The molecular formula is C13H16ClNO. The molecule has 1 aliphatic heterocycles. The number of carbonyl (C=O) groups excluding carboxylic acids is 1. The highest BCUT2D eigenvalue weighted by Gasteiger charge is 2.18. The summed E-state index contributed by atoms with van der Waals surface area (Å²) in [5.74, 6) is 0.138. The summed E-state index contributed by atoms with van der Waals surface area (Å²) in [6.45, 7) is 3.70. The van der Waals surface area contributed by atoms with Crippen molar-refractivity contribution in [3.63, 3.8) is 0 Å². The molecule has 16 heavy (non-hydrogen) atoms. The molecule has 0 bridgehead atoms. The molecule has 1 heterocycles. The molecule has 2 rings (SSSR count). The molecule has 0 saturated carbocycles. The number of aryl methyl sites for hydroxylation is 1. The summed E-state index contributed by atoms with van der Waals surface area (Å²) >= 11 is 5.95. The monoisotopic (exact) mass is 237 g/mol. The molecule has 1 amide bonds. The highest BCUT2D eigenvalue weighted by molar-refractivity contribution is 6.31. The van der Waals surface area contributed by atoms with Crippen molar-refractivity contribution >= 4 is 17.5 Å². The Bertz CT molecular complexity index is 397. The maximum atomic E-state index is 12.1. The van der Waals surface area contributed by atoms with Gasteiger partial charge >= 0.3 is 0 Å². The Labute approximate surface area is 101 Å². The minimum absolute atomic E-state index is 0.138. The van der Waals surface area contributed by atoms with E-state index in [1.165, 1.54) is 6.42 Å². The first kappa shape index (κ1) is 11.5. The quantitative estimate of drug-likeness (QED) is 0.734. The van der Waals surface area contributed by atoms with E-state index in [1.54, 1.807) is 6.07 Å². The fraction of sp³-hybridized carbons (Fsp3) is 0.462. The van der Waals surface area contributed by atoms with Crippen LogP contribution in [-0.4, -0.2) is 23.9 Å². The van der Waals surface area contributed by atoms with Gasteiger partial charge in [0.25, 0.3) is 5.91 Å². The maximum Gasteiger partial charge on any atom is 0.253 e. The number of hydrogen-bond donors (Lipinski definition) is 0. The van der Waals surface area contributed by atoms with Gasteiger partial charge in [0.2, 0.25) is 0 Å². The second-order valence-electron chi connectivity index (χ2n) is 4.32. The average Bonchev–Trinajstić information content (AvgIpc) is 2.33. The topological polar surface area (TPSA) is 20.3 Å². The first-order valence-electron chi connectivity index (χ1n) is 5.74. The van der Waals surface area contributed by atoms with Gasteiger partial charge in [0.1, 0.15) is 0 Å². The maximum absolute atomic E-state index is 12.1. The van der Waals surface area contributed by atoms with Gasteiger partial charge in [-0.3, -0.25) is 4.79 Å². The molecule has 86 valence electrons. The lowest BCUT2D eigenvalue weighted by molar-refractivity contribution is 0.0724. The highest BCUT2D eigenvalue weighted by atomic mass is 35.5. The van der Waals surface area contributed by atoms with E-state index in [2.05, 4.69) is 0 Å². The third-order valence-corrected chi connectivity index (χ3v) is 3.47. The third-order valence-electron chi connectivity index (χ3n) is 3.05. The molecule has 1 saturated heterocycles. The molecule has 0 unspecified atom stereocenters. The van der Waals surface area contributed by atoms with Gasteiger partial charge in [0.15, 0.2) is 0 Å². The van der Waals surface area contributed by atoms with Gasteiger partial charge in [0, 0.05) is 23.7 Å². The van der Waals surface area contributed by atoms with Crippen molar-refractivity contribution in [3.05, 3.63) is 34.3 Å². The lowest BCUT2D eigenvalue weighted by atomic mass is 10.1. The number of benzene rings is 1. The molecule has 0 aliphatic carbocycles. The van der Waals surface area contributed by atoms with Gasteiger partial charge in [-0.15, -0.1) is 0 Å². The Kier molecular flexibility index (Phi) is 3.49. The summed E-state index contributed by atoms with van der Waals surface area (Å²) in [4.78, 5) is 14.1. The van der Waals surface area contributed by atoms with Gasteiger partial charge < -0.3 is 4.90 Å². The van der Waals surface area contributed by atoms with E-state index in [4.69, 9.17) is 11.6 Å². The molecule has 2 nitrogen and oxygen atoms in total. The van der Waals surface area contributed by atoms with Crippen LogP contribution < -0.4 is 0 Å². The van der Waals surface area contributed by atoms with Gasteiger partial charge in [-0.25, -0.2) is 0 Å². The SMILES string of the molecule is Cc1cc(C(=O)N2CCCCC2)ccc1Cl. The zero-order valence-corrected chi connectivity index (χ0v) is 10.3. The number of hydrogen-bond acceptors (Lipinski definition) is 1. The molecule has 3 heteroatoms. The summed E-state index contributed by atoms with van der Waals surface area (Å²) in [5, 5.41) is 0.718. The Balaban J connectivity index is 2.16. The third kappa shape index (κ3) is 2.38. The van der Waals surface area contributed by atoms with Crippen molar-refractivity contribution in [1.29, 1.82) is 0 Å². The van der Waals surface area contributed by atoms with Crippen LogP contribution >= 0.6 is 11.6 Å². The largest absolute Gasteiger partial charge is 0.339 e. The van der Waals surface area contributed by atoms with Crippen LogP contribution in [-0.2, 0) is 0 Å². The minimum atomic E-state index is 0.138. The zero-order valence-electron chi connectivity index (χ0n) is 9.50.